The van der Waals surface area contributed by atoms with Crippen LogP contribution in [0.4, 0.5) is 4.79 Å². The number of carboxylic acids is 1. The second-order valence-electron chi connectivity index (χ2n) is 9.63. The number of nitrogens with one attached hydrogen (secondary N) is 2. The van der Waals surface area contributed by atoms with Gasteiger partial charge >= 0.3 is 12.1 Å². The number of hydrogen-bond donors (Lipinski definition) is 3. The van der Waals surface area contributed by atoms with Gasteiger partial charge in [-0.1, -0.05) is 68.8 Å². The first kappa shape index (κ1) is 26.3. The number of carboxylic acid groups (broad SMARTS) is 1. The number of aliphatic carboxylic acids is 1. The van der Waals surface area contributed by atoms with Crippen molar-refractivity contribution >= 4 is 18.0 Å². The predicted molar refractivity (Wildman–Crippen MR) is 135 cm³/mol. The Labute approximate surface area is 207 Å². The molecule has 0 saturated carbocycles. The van der Waals surface area contributed by atoms with E-state index in [1.165, 1.54) is 11.1 Å². The molecule has 0 heterocycles. The van der Waals surface area contributed by atoms with Crippen molar-refractivity contribution in [3.63, 3.8) is 0 Å². The van der Waals surface area contributed by atoms with Crippen LogP contribution in [0.3, 0.4) is 0 Å². The zero-order valence-corrected chi connectivity index (χ0v) is 20.9. The SMILES string of the molecule is CC(CCCC(C)C(=O)O)NC(=O)C(C)C(C)NC(=O)OCC1c2ccccc2-c2ccccc21. The Balaban J connectivity index is 1.46. The van der Waals surface area contributed by atoms with Gasteiger partial charge in [-0.2, -0.15) is 0 Å². The molecule has 7 nitrogen and oxygen atoms in total. The van der Waals surface area contributed by atoms with Gasteiger partial charge in [-0.05, 0) is 48.9 Å². The molecule has 3 rings (SSSR count). The van der Waals surface area contributed by atoms with Crippen LogP contribution in [0.15, 0.2) is 48.5 Å². The molecule has 7 heteroatoms. The molecule has 0 aromatic heterocycles. The number of carbonyl (C=O) groups excluding carboxylic acids is 2. The van der Waals surface area contributed by atoms with Gasteiger partial charge in [0.15, 0.2) is 0 Å². The monoisotopic (exact) mass is 480 g/mol. The lowest BCUT2D eigenvalue weighted by molar-refractivity contribution is -0.141. The fraction of sp³-hybridized carbons (Fsp3) is 0.464. The molecule has 1 aliphatic rings. The van der Waals surface area contributed by atoms with E-state index < -0.39 is 29.9 Å². The van der Waals surface area contributed by atoms with Crippen molar-refractivity contribution in [2.45, 2.75) is 65.0 Å². The molecule has 2 amide bonds. The number of benzene rings is 2. The van der Waals surface area contributed by atoms with E-state index in [1.54, 1.807) is 20.8 Å². The highest BCUT2D eigenvalue weighted by atomic mass is 16.5. The first-order valence-corrected chi connectivity index (χ1v) is 12.3. The molecular formula is C28H36N2O5. The summed E-state index contributed by atoms with van der Waals surface area (Å²) in [7, 11) is 0. The molecule has 35 heavy (non-hydrogen) atoms. The molecule has 4 atom stereocenters. The van der Waals surface area contributed by atoms with Gasteiger partial charge in [-0.3, -0.25) is 9.59 Å². The second kappa shape index (κ2) is 11.9. The second-order valence-corrected chi connectivity index (χ2v) is 9.63. The summed E-state index contributed by atoms with van der Waals surface area (Å²) in [6, 6.07) is 15.8. The summed E-state index contributed by atoms with van der Waals surface area (Å²) in [6.07, 6.45) is 1.45. The topological polar surface area (TPSA) is 105 Å². The summed E-state index contributed by atoms with van der Waals surface area (Å²) in [6.45, 7) is 7.36. The van der Waals surface area contributed by atoms with E-state index in [9.17, 15) is 14.4 Å². The molecule has 1 aliphatic carbocycles. The van der Waals surface area contributed by atoms with Crippen LogP contribution in [0.25, 0.3) is 11.1 Å². The summed E-state index contributed by atoms with van der Waals surface area (Å²) < 4.78 is 5.59. The fourth-order valence-corrected chi connectivity index (χ4v) is 4.48. The summed E-state index contributed by atoms with van der Waals surface area (Å²) in [5.74, 6) is -1.82. The number of alkyl carbamates (subject to hydrolysis) is 1. The molecule has 2 aromatic carbocycles. The largest absolute Gasteiger partial charge is 0.481 e. The number of ether oxygens (including phenoxy) is 1. The van der Waals surface area contributed by atoms with E-state index >= 15 is 0 Å². The number of hydrogen-bond acceptors (Lipinski definition) is 4. The first-order chi connectivity index (χ1) is 16.7. The van der Waals surface area contributed by atoms with Gasteiger partial charge in [-0.25, -0.2) is 4.79 Å². The number of amides is 2. The van der Waals surface area contributed by atoms with E-state index in [0.717, 1.165) is 17.5 Å². The van der Waals surface area contributed by atoms with Gasteiger partial charge in [0.05, 0.1) is 11.8 Å². The van der Waals surface area contributed by atoms with Crippen molar-refractivity contribution in [2.75, 3.05) is 6.61 Å². The highest BCUT2D eigenvalue weighted by Crippen LogP contribution is 2.44. The Morgan fingerprint density at radius 3 is 2.03 bits per heavy atom. The molecular weight excluding hydrogens is 444 g/mol. The Hall–Kier alpha value is -3.35. The van der Waals surface area contributed by atoms with Crippen LogP contribution in [0.5, 0.6) is 0 Å². The van der Waals surface area contributed by atoms with E-state index in [2.05, 4.69) is 34.9 Å². The zero-order valence-electron chi connectivity index (χ0n) is 20.9. The molecule has 0 fully saturated rings. The molecule has 0 spiro atoms. The highest BCUT2D eigenvalue weighted by Gasteiger charge is 2.30. The Morgan fingerprint density at radius 2 is 1.46 bits per heavy atom. The maximum absolute atomic E-state index is 12.6. The quantitative estimate of drug-likeness (QED) is 0.422. The van der Waals surface area contributed by atoms with Gasteiger partial charge in [0.25, 0.3) is 0 Å². The molecule has 0 radical (unpaired) electrons. The molecule has 2 aromatic rings. The minimum atomic E-state index is -0.802. The average molecular weight is 481 g/mol. The van der Waals surface area contributed by atoms with Crippen LogP contribution in [-0.4, -0.2) is 41.8 Å². The van der Waals surface area contributed by atoms with E-state index in [1.807, 2.05) is 31.2 Å². The maximum atomic E-state index is 12.6. The smallest absolute Gasteiger partial charge is 0.407 e. The van der Waals surface area contributed by atoms with Crippen LogP contribution in [-0.2, 0) is 14.3 Å². The lowest BCUT2D eigenvalue weighted by Crippen LogP contribution is -2.46. The van der Waals surface area contributed by atoms with Crippen molar-refractivity contribution in [1.82, 2.24) is 10.6 Å². The van der Waals surface area contributed by atoms with Crippen LogP contribution >= 0.6 is 0 Å². The third kappa shape index (κ3) is 6.62. The lowest BCUT2D eigenvalue weighted by Gasteiger charge is -2.23. The summed E-state index contributed by atoms with van der Waals surface area (Å²) in [5.41, 5.74) is 4.63. The highest BCUT2D eigenvalue weighted by molar-refractivity contribution is 5.81. The Morgan fingerprint density at radius 1 is 0.886 bits per heavy atom. The third-order valence-corrected chi connectivity index (χ3v) is 6.94. The Bertz CT molecular complexity index is 1010. The predicted octanol–water partition coefficient (Wildman–Crippen LogP) is 4.95. The van der Waals surface area contributed by atoms with Gasteiger partial charge in [0.1, 0.15) is 6.61 Å². The van der Waals surface area contributed by atoms with Crippen LogP contribution in [0, 0.1) is 11.8 Å². The van der Waals surface area contributed by atoms with E-state index in [4.69, 9.17) is 9.84 Å². The van der Waals surface area contributed by atoms with Crippen molar-refractivity contribution in [1.29, 1.82) is 0 Å². The summed E-state index contributed by atoms with van der Waals surface area (Å²) in [4.78, 5) is 36.1. The third-order valence-electron chi connectivity index (χ3n) is 6.94. The van der Waals surface area contributed by atoms with Crippen LogP contribution < -0.4 is 10.6 Å². The van der Waals surface area contributed by atoms with Gasteiger partial charge < -0.3 is 20.5 Å². The van der Waals surface area contributed by atoms with Gasteiger partial charge in [-0.15, -0.1) is 0 Å². The number of fused-ring (bicyclic) bond motifs is 3. The summed E-state index contributed by atoms with van der Waals surface area (Å²) >= 11 is 0. The maximum Gasteiger partial charge on any atom is 0.407 e. The first-order valence-electron chi connectivity index (χ1n) is 12.3. The van der Waals surface area contributed by atoms with Crippen LogP contribution in [0.2, 0.25) is 0 Å². The number of rotatable bonds is 11. The van der Waals surface area contributed by atoms with Crippen molar-refractivity contribution in [3.8, 4) is 11.1 Å². The molecule has 0 bridgehead atoms. The molecule has 3 N–H and O–H groups in total. The van der Waals surface area contributed by atoms with E-state index in [-0.39, 0.29) is 24.5 Å². The van der Waals surface area contributed by atoms with E-state index in [0.29, 0.717) is 12.8 Å². The van der Waals surface area contributed by atoms with Gasteiger partial charge in [0, 0.05) is 18.0 Å². The minimum Gasteiger partial charge on any atom is -0.481 e. The number of carbonyl (C=O) groups is 3. The molecule has 4 unspecified atom stereocenters. The standard InChI is InChI=1S/C28H36N2O5/c1-17(27(32)33)10-9-11-18(2)29-26(31)19(3)20(4)30-28(34)35-16-25-23-14-7-5-12-21(23)22-13-6-8-15-24(22)25/h5-8,12-15,17-20,25H,9-11,16H2,1-4H3,(H,29,31)(H,30,34)(H,32,33). The van der Waals surface area contributed by atoms with Crippen molar-refractivity contribution in [3.05, 3.63) is 59.7 Å². The zero-order chi connectivity index (χ0) is 25.5. The molecule has 188 valence electrons. The minimum absolute atomic E-state index is 0.0196. The van der Waals surface area contributed by atoms with Crippen molar-refractivity contribution in [2.24, 2.45) is 11.8 Å². The summed E-state index contributed by atoms with van der Waals surface area (Å²) in [5, 5.41) is 14.7. The fourth-order valence-electron chi connectivity index (χ4n) is 4.48. The normalized spacial score (nSPS) is 15.8. The lowest BCUT2D eigenvalue weighted by atomic mass is 9.98. The molecule has 0 aliphatic heterocycles. The molecule has 0 saturated heterocycles. The Kier molecular flexibility index (Phi) is 8.90. The van der Waals surface area contributed by atoms with Crippen molar-refractivity contribution < 1.29 is 24.2 Å². The van der Waals surface area contributed by atoms with Gasteiger partial charge in [0.2, 0.25) is 5.91 Å². The van der Waals surface area contributed by atoms with Crippen LogP contribution in [0.1, 0.15) is 64.0 Å². The average Bonchev–Trinajstić information content (AvgIpc) is 3.15.